The number of rotatable bonds is 4. The third-order valence-electron chi connectivity index (χ3n) is 3.53. The zero-order chi connectivity index (χ0) is 19.1. The Balaban J connectivity index is 1.96. The Labute approximate surface area is 161 Å². The van der Waals surface area contributed by atoms with Gasteiger partial charge in [0, 0.05) is 29.7 Å². The van der Waals surface area contributed by atoms with E-state index in [0.717, 1.165) is 5.56 Å². The molecule has 0 unspecified atom stereocenters. The second-order valence-corrected chi connectivity index (χ2v) is 6.46. The van der Waals surface area contributed by atoms with Crippen LogP contribution in [0, 0.1) is 11.8 Å². The van der Waals surface area contributed by atoms with E-state index in [1.54, 1.807) is 63.7 Å². The molecule has 0 aliphatic rings. The summed E-state index contributed by atoms with van der Waals surface area (Å²) in [6, 6.07) is 12.2. The molecule has 0 atom stereocenters. The number of amides is 2. The summed E-state index contributed by atoms with van der Waals surface area (Å²) >= 11 is 3.35. The van der Waals surface area contributed by atoms with Crippen molar-refractivity contribution in [2.75, 3.05) is 27.7 Å². The van der Waals surface area contributed by atoms with Crippen molar-refractivity contribution in [2.45, 2.75) is 0 Å². The second-order valence-electron chi connectivity index (χ2n) is 5.61. The Morgan fingerprint density at radius 3 is 2.46 bits per heavy atom. The Kier molecular flexibility index (Phi) is 6.81. The predicted octanol–water partition coefficient (Wildman–Crippen LogP) is 2.94. The predicted molar refractivity (Wildman–Crippen MR) is 104 cm³/mol. The Hall–Kier alpha value is -2.78. The van der Waals surface area contributed by atoms with Gasteiger partial charge in [0.05, 0.1) is 19.2 Å². The fraction of sp³-hybridized carbons (Fsp3) is 0.200. The van der Waals surface area contributed by atoms with Crippen LogP contribution < -0.4 is 10.1 Å². The van der Waals surface area contributed by atoms with E-state index in [0.29, 0.717) is 21.3 Å². The van der Waals surface area contributed by atoms with Gasteiger partial charge in [-0.2, -0.15) is 0 Å². The Morgan fingerprint density at radius 1 is 1.15 bits per heavy atom. The highest BCUT2D eigenvalue weighted by atomic mass is 79.9. The lowest BCUT2D eigenvalue weighted by Crippen LogP contribution is -2.24. The molecule has 0 aromatic heterocycles. The van der Waals surface area contributed by atoms with Gasteiger partial charge in [0.1, 0.15) is 5.75 Å². The van der Waals surface area contributed by atoms with Gasteiger partial charge in [-0.1, -0.05) is 11.8 Å². The molecule has 2 aromatic rings. The number of benzene rings is 2. The highest BCUT2D eigenvalue weighted by Gasteiger charge is 2.10. The number of nitrogens with zero attached hydrogens (tertiary/aromatic N) is 1. The summed E-state index contributed by atoms with van der Waals surface area (Å²) in [6.45, 7) is 0.209. The number of carbonyl (C=O) groups excluding carboxylic acids is 2. The zero-order valence-electron chi connectivity index (χ0n) is 14.8. The fourth-order valence-electron chi connectivity index (χ4n) is 2.13. The monoisotopic (exact) mass is 414 g/mol. The summed E-state index contributed by atoms with van der Waals surface area (Å²) in [6.07, 6.45) is 0. The van der Waals surface area contributed by atoms with Gasteiger partial charge < -0.3 is 15.0 Å². The number of ether oxygens (including phenoxy) is 1. The molecule has 2 rings (SSSR count). The van der Waals surface area contributed by atoms with Crippen LogP contribution in [0.15, 0.2) is 46.9 Å². The van der Waals surface area contributed by atoms with Crippen LogP contribution in [0.1, 0.15) is 26.3 Å². The molecule has 26 heavy (non-hydrogen) atoms. The van der Waals surface area contributed by atoms with Crippen LogP contribution in [0.5, 0.6) is 5.75 Å². The van der Waals surface area contributed by atoms with Crippen molar-refractivity contribution >= 4 is 27.7 Å². The van der Waals surface area contributed by atoms with Crippen LogP contribution in [0.2, 0.25) is 0 Å². The fourth-order valence-corrected chi connectivity index (χ4v) is 2.55. The van der Waals surface area contributed by atoms with E-state index in [1.807, 2.05) is 0 Å². The maximum atomic E-state index is 12.2. The van der Waals surface area contributed by atoms with E-state index in [2.05, 4.69) is 33.1 Å². The van der Waals surface area contributed by atoms with Crippen LogP contribution >= 0.6 is 15.9 Å². The third-order valence-corrected chi connectivity index (χ3v) is 4.22. The van der Waals surface area contributed by atoms with Gasteiger partial charge in [-0.05, 0) is 58.4 Å². The third kappa shape index (κ3) is 5.11. The molecule has 0 fully saturated rings. The lowest BCUT2D eigenvalue weighted by atomic mass is 10.1. The first-order chi connectivity index (χ1) is 12.4. The first kappa shape index (κ1) is 19.5. The summed E-state index contributed by atoms with van der Waals surface area (Å²) in [5, 5.41) is 2.75. The minimum Gasteiger partial charge on any atom is -0.497 e. The molecular formula is C20H19BrN2O3. The lowest BCUT2D eigenvalue weighted by molar-refractivity contribution is 0.0827. The molecular weight excluding hydrogens is 396 g/mol. The molecule has 1 N–H and O–H groups in total. The molecule has 0 saturated heterocycles. The molecule has 0 spiro atoms. The molecule has 2 amide bonds. The minimum atomic E-state index is -0.239. The number of nitrogens with one attached hydrogen (secondary N) is 1. The molecule has 0 radical (unpaired) electrons. The van der Waals surface area contributed by atoms with E-state index in [9.17, 15) is 9.59 Å². The quantitative estimate of drug-likeness (QED) is 0.782. The molecule has 2 aromatic carbocycles. The lowest BCUT2D eigenvalue weighted by Gasteiger charge is -2.09. The molecule has 134 valence electrons. The number of carbonyl (C=O) groups is 2. The molecule has 0 bridgehead atoms. The van der Waals surface area contributed by atoms with Crippen molar-refractivity contribution in [3.8, 4) is 17.6 Å². The van der Waals surface area contributed by atoms with Crippen LogP contribution in [-0.2, 0) is 0 Å². The molecule has 5 nitrogen and oxygen atoms in total. The zero-order valence-corrected chi connectivity index (χ0v) is 16.4. The van der Waals surface area contributed by atoms with Crippen molar-refractivity contribution in [3.05, 3.63) is 63.6 Å². The van der Waals surface area contributed by atoms with Gasteiger partial charge >= 0.3 is 0 Å². The van der Waals surface area contributed by atoms with Crippen LogP contribution in [0.3, 0.4) is 0 Å². The molecule has 0 aliphatic carbocycles. The van der Waals surface area contributed by atoms with E-state index in [1.165, 1.54) is 4.90 Å². The summed E-state index contributed by atoms with van der Waals surface area (Å²) in [5.74, 6) is 6.17. The molecule has 6 heteroatoms. The van der Waals surface area contributed by atoms with Crippen LogP contribution in [0.4, 0.5) is 0 Å². The summed E-state index contributed by atoms with van der Waals surface area (Å²) in [4.78, 5) is 25.6. The van der Waals surface area contributed by atoms with Crippen molar-refractivity contribution in [3.63, 3.8) is 0 Å². The van der Waals surface area contributed by atoms with Gasteiger partial charge in [0.15, 0.2) is 0 Å². The maximum absolute atomic E-state index is 12.2. The topological polar surface area (TPSA) is 58.6 Å². The van der Waals surface area contributed by atoms with E-state index in [-0.39, 0.29) is 18.4 Å². The van der Waals surface area contributed by atoms with Gasteiger partial charge in [-0.3, -0.25) is 9.59 Å². The molecule has 0 heterocycles. The van der Waals surface area contributed by atoms with Gasteiger partial charge in [0.25, 0.3) is 11.8 Å². The summed E-state index contributed by atoms with van der Waals surface area (Å²) < 4.78 is 5.81. The smallest absolute Gasteiger partial charge is 0.253 e. The van der Waals surface area contributed by atoms with Gasteiger partial charge in [-0.15, -0.1) is 0 Å². The molecule has 0 aliphatic heterocycles. The first-order valence-electron chi connectivity index (χ1n) is 7.84. The standard InChI is InChI=1S/C20H19BrN2O3/c1-23(2)20(25)15-8-6-14(7-9-15)5-4-12-22-19(24)17-13-16(26-3)10-11-18(17)21/h6-11,13H,12H2,1-3H3,(H,22,24). The highest BCUT2D eigenvalue weighted by Crippen LogP contribution is 2.22. The van der Waals surface area contributed by atoms with Crippen LogP contribution in [-0.4, -0.2) is 44.5 Å². The number of methoxy groups -OCH3 is 1. The number of halogens is 1. The van der Waals surface area contributed by atoms with Crippen molar-refractivity contribution in [1.82, 2.24) is 10.2 Å². The van der Waals surface area contributed by atoms with Crippen molar-refractivity contribution in [2.24, 2.45) is 0 Å². The van der Waals surface area contributed by atoms with E-state index < -0.39 is 0 Å². The average Bonchev–Trinajstić information content (AvgIpc) is 2.65. The normalized spacial score (nSPS) is 9.69. The average molecular weight is 415 g/mol. The highest BCUT2D eigenvalue weighted by molar-refractivity contribution is 9.10. The Bertz CT molecular complexity index is 865. The maximum Gasteiger partial charge on any atom is 0.253 e. The van der Waals surface area contributed by atoms with Crippen molar-refractivity contribution in [1.29, 1.82) is 0 Å². The summed E-state index contributed by atoms with van der Waals surface area (Å²) in [7, 11) is 4.96. The summed E-state index contributed by atoms with van der Waals surface area (Å²) in [5.41, 5.74) is 1.87. The van der Waals surface area contributed by atoms with E-state index in [4.69, 9.17) is 4.74 Å². The second kappa shape index (κ2) is 9.07. The minimum absolute atomic E-state index is 0.0550. The van der Waals surface area contributed by atoms with Crippen LogP contribution in [0.25, 0.3) is 0 Å². The number of hydrogen-bond acceptors (Lipinski definition) is 3. The van der Waals surface area contributed by atoms with E-state index >= 15 is 0 Å². The largest absolute Gasteiger partial charge is 0.497 e. The van der Waals surface area contributed by atoms with Crippen molar-refractivity contribution < 1.29 is 14.3 Å². The number of hydrogen-bond donors (Lipinski definition) is 1. The van der Waals surface area contributed by atoms with Gasteiger partial charge in [-0.25, -0.2) is 0 Å². The SMILES string of the molecule is COc1ccc(Br)c(C(=O)NCC#Cc2ccc(C(=O)N(C)C)cc2)c1. The van der Waals surface area contributed by atoms with Gasteiger partial charge in [0.2, 0.25) is 0 Å². The Morgan fingerprint density at radius 2 is 1.85 bits per heavy atom. The first-order valence-corrected chi connectivity index (χ1v) is 8.64. The molecule has 0 saturated carbocycles.